The SMILES string of the molecule is CC1CCN(c2ncnc3[nH]ccc23)CC1(C)N(C)c1ccc(C#N)c(F)c1. The van der Waals surface area contributed by atoms with E-state index in [4.69, 9.17) is 5.26 Å². The van der Waals surface area contributed by atoms with E-state index in [0.717, 1.165) is 42.0 Å². The van der Waals surface area contributed by atoms with Crippen LogP contribution in [0.2, 0.25) is 0 Å². The highest BCUT2D eigenvalue weighted by Crippen LogP contribution is 2.37. The van der Waals surface area contributed by atoms with Crippen molar-refractivity contribution in [1.29, 1.82) is 5.26 Å². The third-order valence-corrected chi connectivity index (χ3v) is 6.26. The monoisotopic (exact) mass is 378 g/mol. The number of anilines is 2. The standard InChI is InChI=1S/C21H23FN6/c1-14-7-9-28(20-17-6-8-24-19(17)25-13-26-20)12-21(14,2)27(3)16-5-4-15(11-23)18(22)10-16/h4-6,8,10,13-14H,7,9,12H2,1-3H3,(H,24,25,26). The van der Waals surface area contributed by atoms with Gasteiger partial charge in [-0.1, -0.05) is 6.92 Å². The highest BCUT2D eigenvalue weighted by Gasteiger charge is 2.41. The molecular formula is C21H23FN6. The summed E-state index contributed by atoms with van der Waals surface area (Å²) < 4.78 is 14.2. The molecule has 0 saturated carbocycles. The van der Waals surface area contributed by atoms with Crippen molar-refractivity contribution in [3.63, 3.8) is 0 Å². The molecule has 7 heteroatoms. The lowest BCUT2D eigenvalue weighted by Crippen LogP contribution is -2.60. The van der Waals surface area contributed by atoms with Gasteiger partial charge in [-0.15, -0.1) is 0 Å². The number of nitriles is 1. The molecule has 1 N–H and O–H groups in total. The van der Waals surface area contributed by atoms with Crippen LogP contribution in [-0.4, -0.2) is 40.6 Å². The maximum atomic E-state index is 14.2. The zero-order chi connectivity index (χ0) is 19.9. The molecule has 28 heavy (non-hydrogen) atoms. The Morgan fingerprint density at radius 2 is 2.18 bits per heavy atom. The second kappa shape index (κ2) is 6.79. The normalized spacial score (nSPS) is 22.2. The molecule has 0 spiro atoms. The quantitative estimate of drug-likeness (QED) is 0.752. The zero-order valence-corrected chi connectivity index (χ0v) is 16.3. The Kier molecular flexibility index (Phi) is 4.42. The van der Waals surface area contributed by atoms with Crippen molar-refractivity contribution in [2.24, 2.45) is 5.92 Å². The number of likely N-dealkylation sites (N-methyl/N-ethyl adjacent to an activating group) is 1. The van der Waals surface area contributed by atoms with E-state index < -0.39 is 5.82 Å². The fourth-order valence-corrected chi connectivity index (χ4v) is 4.11. The number of rotatable bonds is 3. The van der Waals surface area contributed by atoms with Crippen LogP contribution in [0.15, 0.2) is 36.8 Å². The van der Waals surface area contributed by atoms with Crippen LogP contribution >= 0.6 is 0 Å². The molecule has 1 fully saturated rings. The second-order valence-electron chi connectivity index (χ2n) is 7.74. The van der Waals surface area contributed by atoms with Gasteiger partial charge >= 0.3 is 0 Å². The summed E-state index contributed by atoms with van der Waals surface area (Å²) in [5.74, 6) is 0.834. The molecule has 0 amide bonds. The third kappa shape index (κ3) is 2.85. The van der Waals surface area contributed by atoms with Crippen molar-refractivity contribution in [2.75, 3.05) is 29.9 Å². The van der Waals surface area contributed by atoms with Gasteiger partial charge in [0.05, 0.1) is 16.5 Å². The maximum Gasteiger partial charge on any atom is 0.143 e. The summed E-state index contributed by atoms with van der Waals surface area (Å²) in [6.07, 6.45) is 4.46. The van der Waals surface area contributed by atoms with Crippen molar-refractivity contribution in [3.05, 3.63) is 48.2 Å². The van der Waals surface area contributed by atoms with Crippen LogP contribution in [0.25, 0.3) is 11.0 Å². The average molecular weight is 378 g/mol. The molecule has 3 aromatic rings. The Balaban J connectivity index is 1.68. The van der Waals surface area contributed by atoms with E-state index in [0.29, 0.717) is 5.92 Å². The lowest BCUT2D eigenvalue weighted by molar-refractivity contribution is 0.256. The van der Waals surface area contributed by atoms with Crippen LogP contribution in [0, 0.1) is 23.1 Å². The topological polar surface area (TPSA) is 71.8 Å². The van der Waals surface area contributed by atoms with Gasteiger partial charge in [0, 0.05) is 32.0 Å². The Labute approximate surface area is 163 Å². The molecule has 1 aliphatic rings. The van der Waals surface area contributed by atoms with Crippen LogP contribution in [0.3, 0.4) is 0 Å². The van der Waals surface area contributed by atoms with Gasteiger partial charge < -0.3 is 14.8 Å². The molecule has 144 valence electrons. The molecule has 2 atom stereocenters. The molecule has 3 heterocycles. The molecule has 1 aromatic carbocycles. The minimum atomic E-state index is -0.486. The van der Waals surface area contributed by atoms with Gasteiger partial charge in [0.2, 0.25) is 0 Å². The summed E-state index contributed by atoms with van der Waals surface area (Å²) in [7, 11) is 1.99. The Morgan fingerprint density at radius 3 is 2.93 bits per heavy atom. The summed E-state index contributed by atoms with van der Waals surface area (Å²) in [6, 6.07) is 8.69. The maximum absolute atomic E-state index is 14.2. The summed E-state index contributed by atoms with van der Waals surface area (Å²) in [6.45, 7) is 6.10. The summed E-state index contributed by atoms with van der Waals surface area (Å²) in [4.78, 5) is 16.4. The molecule has 2 unspecified atom stereocenters. The van der Waals surface area contributed by atoms with Crippen molar-refractivity contribution in [2.45, 2.75) is 25.8 Å². The molecular weight excluding hydrogens is 355 g/mol. The molecule has 2 aromatic heterocycles. The molecule has 6 nitrogen and oxygen atoms in total. The molecule has 1 aliphatic heterocycles. The van der Waals surface area contributed by atoms with Gasteiger partial charge in [0.15, 0.2) is 0 Å². The fourth-order valence-electron chi connectivity index (χ4n) is 4.11. The highest BCUT2D eigenvalue weighted by atomic mass is 19.1. The van der Waals surface area contributed by atoms with Gasteiger partial charge in [-0.25, -0.2) is 14.4 Å². The van der Waals surface area contributed by atoms with E-state index in [2.05, 4.69) is 38.6 Å². The van der Waals surface area contributed by atoms with E-state index in [-0.39, 0.29) is 11.1 Å². The van der Waals surface area contributed by atoms with E-state index >= 15 is 0 Å². The number of H-pyrrole nitrogens is 1. The van der Waals surface area contributed by atoms with Crippen LogP contribution in [0.4, 0.5) is 15.9 Å². The van der Waals surface area contributed by atoms with E-state index in [1.165, 1.54) is 6.07 Å². The molecule has 4 rings (SSSR count). The first-order valence-electron chi connectivity index (χ1n) is 9.40. The second-order valence-corrected chi connectivity index (χ2v) is 7.74. The van der Waals surface area contributed by atoms with Crippen molar-refractivity contribution >= 4 is 22.5 Å². The minimum Gasteiger partial charge on any atom is -0.367 e. The number of aromatic amines is 1. The van der Waals surface area contributed by atoms with Gasteiger partial charge in [-0.3, -0.25) is 0 Å². The van der Waals surface area contributed by atoms with Crippen molar-refractivity contribution < 1.29 is 4.39 Å². The number of nitrogens with one attached hydrogen (secondary N) is 1. The predicted molar refractivity (Wildman–Crippen MR) is 108 cm³/mol. The van der Waals surface area contributed by atoms with Crippen LogP contribution in [-0.2, 0) is 0 Å². The number of piperidine rings is 1. The largest absolute Gasteiger partial charge is 0.367 e. The van der Waals surface area contributed by atoms with Crippen LogP contribution < -0.4 is 9.80 Å². The fraction of sp³-hybridized carbons (Fsp3) is 0.381. The van der Waals surface area contributed by atoms with Gasteiger partial charge in [-0.05, 0) is 43.5 Å². The van der Waals surface area contributed by atoms with E-state index in [1.54, 1.807) is 12.4 Å². The Morgan fingerprint density at radius 1 is 1.36 bits per heavy atom. The van der Waals surface area contributed by atoms with Gasteiger partial charge in [-0.2, -0.15) is 5.26 Å². The van der Waals surface area contributed by atoms with Gasteiger partial charge in [0.1, 0.15) is 29.7 Å². The Hall–Kier alpha value is -3.14. The summed E-state index contributed by atoms with van der Waals surface area (Å²) in [5.41, 5.74) is 1.43. The minimum absolute atomic E-state index is 0.0662. The number of aromatic nitrogens is 3. The summed E-state index contributed by atoms with van der Waals surface area (Å²) >= 11 is 0. The first kappa shape index (κ1) is 18.2. The number of fused-ring (bicyclic) bond motifs is 1. The third-order valence-electron chi connectivity index (χ3n) is 6.26. The molecule has 0 bridgehead atoms. The Bertz CT molecular complexity index is 1050. The lowest BCUT2D eigenvalue weighted by atomic mass is 9.79. The first-order chi connectivity index (χ1) is 13.4. The molecule has 0 radical (unpaired) electrons. The van der Waals surface area contributed by atoms with Crippen LogP contribution in [0.5, 0.6) is 0 Å². The zero-order valence-electron chi connectivity index (χ0n) is 16.3. The van der Waals surface area contributed by atoms with Crippen molar-refractivity contribution in [3.8, 4) is 6.07 Å². The number of nitrogens with zero attached hydrogens (tertiary/aromatic N) is 5. The lowest BCUT2D eigenvalue weighted by Gasteiger charge is -2.51. The number of hydrogen-bond donors (Lipinski definition) is 1. The van der Waals surface area contributed by atoms with E-state index in [9.17, 15) is 4.39 Å². The number of hydrogen-bond acceptors (Lipinski definition) is 5. The first-order valence-corrected chi connectivity index (χ1v) is 9.40. The van der Waals surface area contributed by atoms with Gasteiger partial charge in [0.25, 0.3) is 0 Å². The van der Waals surface area contributed by atoms with E-state index in [1.807, 2.05) is 31.4 Å². The van der Waals surface area contributed by atoms with Crippen LogP contribution in [0.1, 0.15) is 25.8 Å². The molecule has 1 saturated heterocycles. The molecule has 0 aliphatic carbocycles. The predicted octanol–water partition coefficient (Wildman–Crippen LogP) is 3.71. The number of halogens is 1. The smallest absolute Gasteiger partial charge is 0.143 e. The van der Waals surface area contributed by atoms with Crippen molar-refractivity contribution in [1.82, 2.24) is 15.0 Å². The highest BCUT2D eigenvalue weighted by molar-refractivity contribution is 5.87. The summed E-state index contributed by atoms with van der Waals surface area (Å²) in [5, 5.41) is 10.0. The number of benzene rings is 1. The average Bonchev–Trinajstić information content (AvgIpc) is 3.18.